The molecule has 0 aliphatic carbocycles. The fraction of sp³-hybridized carbons (Fsp3) is 0.312. The molecular weight excluding hydrogens is 320 g/mol. The highest BCUT2D eigenvalue weighted by molar-refractivity contribution is 6.45. The van der Waals surface area contributed by atoms with Gasteiger partial charge in [0.1, 0.15) is 6.04 Å². The lowest BCUT2D eigenvalue weighted by atomic mass is 10.1. The Kier molecular flexibility index (Phi) is 5.05. The van der Waals surface area contributed by atoms with E-state index in [9.17, 15) is 14.4 Å². The lowest BCUT2D eigenvalue weighted by molar-refractivity contribution is -0.150. The van der Waals surface area contributed by atoms with Gasteiger partial charge in [0.2, 0.25) is 0 Å². The lowest BCUT2D eigenvalue weighted by Gasteiger charge is -2.14. The Hall–Kier alpha value is -2.34. The SMILES string of the molecule is CC(C)OC(=O)[C@H](C)NC(=O)C(=O)c1c[nH]c2ccc(Cl)cc12. The quantitative estimate of drug-likeness (QED) is 0.498. The van der Waals surface area contributed by atoms with Gasteiger partial charge >= 0.3 is 5.97 Å². The number of rotatable bonds is 5. The van der Waals surface area contributed by atoms with Crippen molar-refractivity contribution in [2.24, 2.45) is 0 Å². The lowest BCUT2D eigenvalue weighted by Crippen LogP contribution is -2.43. The highest BCUT2D eigenvalue weighted by Gasteiger charge is 2.25. The van der Waals surface area contributed by atoms with Crippen LogP contribution in [0.1, 0.15) is 31.1 Å². The van der Waals surface area contributed by atoms with Crippen molar-refractivity contribution in [2.75, 3.05) is 0 Å². The van der Waals surface area contributed by atoms with E-state index in [0.29, 0.717) is 15.9 Å². The number of aromatic amines is 1. The number of hydrogen-bond donors (Lipinski definition) is 2. The van der Waals surface area contributed by atoms with Crippen molar-refractivity contribution in [1.82, 2.24) is 10.3 Å². The molecule has 0 radical (unpaired) electrons. The second-order valence-corrected chi connectivity index (χ2v) is 5.84. The first kappa shape index (κ1) is 17.0. The summed E-state index contributed by atoms with van der Waals surface area (Å²) in [7, 11) is 0. The summed E-state index contributed by atoms with van der Waals surface area (Å²) in [6.45, 7) is 4.86. The molecule has 1 aromatic carbocycles. The van der Waals surface area contributed by atoms with Crippen LogP contribution in [0.25, 0.3) is 10.9 Å². The van der Waals surface area contributed by atoms with Gasteiger partial charge < -0.3 is 15.0 Å². The smallest absolute Gasteiger partial charge is 0.328 e. The third-order valence-corrected chi connectivity index (χ3v) is 3.38. The summed E-state index contributed by atoms with van der Waals surface area (Å²) in [6.07, 6.45) is 1.15. The third-order valence-electron chi connectivity index (χ3n) is 3.15. The van der Waals surface area contributed by atoms with Crippen molar-refractivity contribution in [3.8, 4) is 0 Å². The molecular formula is C16H17ClN2O4. The maximum Gasteiger partial charge on any atom is 0.328 e. The number of benzene rings is 1. The van der Waals surface area contributed by atoms with Crippen LogP contribution in [0.15, 0.2) is 24.4 Å². The Labute approximate surface area is 138 Å². The molecule has 2 rings (SSSR count). The number of fused-ring (bicyclic) bond motifs is 1. The molecule has 23 heavy (non-hydrogen) atoms. The predicted molar refractivity (Wildman–Crippen MR) is 86.5 cm³/mol. The second-order valence-electron chi connectivity index (χ2n) is 5.40. The minimum atomic E-state index is -0.914. The number of H-pyrrole nitrogens is 1. The van der Waals surface area contributed by atoms with E-state index in [4.69, 9.17) is 16.3 Å². The number of carbonyl (C=O) groups is 3. The number of nitrogens with one attached hydrogen (secondary N) is 2. The Morgan fingerprint density at radius 2 is 1.91 bits per heavy atom. The van der Waals surface area contributed by atoms with Crippen molar-refractivity contribution < 1.29 is 19.1 Å². The molecule has 1 aromatic heterocycles. The van der Waals surface area contributed by atoms with Gasteiger partial charge in [-0.25, -0.2) is 4.79 Å². The molecule has 7 heteroatoms. The van der Waals surface area contributed by atoms with Gasteiger partial charge in [0.15, 0.2) is 0 Å². The summed E-state index contributed by atoms with van der Waals surface area (Å²) < 4.78 is 4.98. The van der Waals surface area contributed by atoms with Crippen LogP contribution in [0.4, 0.5) is 0 Å². The van der Waals surface area contributed by atoms with Crippen LogP contribution in [0.5, 0.6) is 0 Å². The van der Waals surface area contributed by atoms with Crippen LogP contribution < -0.4 is 5.32 Å². The molecule has 0 saturated carbocycles. The topological polar surface area (TPSA) is 88.3 Å². The van der Waals surface area contributed by atoms with E-state index in [1.807, 2.05) is 0 Å². The molecule has 0 unspecified atom stereocenters. The van der Waals surface area contributed by atoms with Gasteiger partial charge in [0.05, 0.1) is 11.7 Å². The number of esters is 1. The molecule has 2 N–H and O–H groups in total. The number of amides is 1. The van der Waals surface area contributed by atoms with Gasteiger partial charge in [-0.3, -0.25) is 9.59 Å². The molecule has 6 nitrogen and oxygen atoms in total. The molecule has 1 heterocycles. The maximum absolute atomic E-state index is 12.3. The predicted octanol–water partition coefficient (Wildman–Crippen LogP) is 2.46. The summed E-state index contributed by atoms with van der Waals surface area (Å²) in [5.41, 5.74) is 0.891. The first-order valence-corrected chi connectivity index (χ1v) is 7.49. The van der Waals surface area contributed by atoms with E-state index < -0.39 is 23.7 Å². The Bertz CT molecular complexity index is 767. The van der Waals surface area contributed by atoms with E-state index >= 15 is 0 Å². The summed E-state index contributed by atoms with van der Waals surface area (Å²) >= 11 is 5.92. The number of Topliss-reactive ketones (excluding diaryl/α,β-unsaturated/α-hetero) is 1. The molecule has 0 saturated heterocycles. The number of ether oxygens (including phenoxy) is 1. The monoisotopic (exact) mass is 336 g/mol. The molecule has 2 aromatic rings. The first-order chi connectivity index (χ1) is 10.8. The Balaban J connectivity index is 2.14. The molecule has 1 amide bonds. The summed E-state index contributed by atoms with van der Waals surface area (Å²) in [4.78, 5) is 38.9. The van der Waals surface area contributed by atoms with Crippen molar-refractivity contribution in [3.63, 3.8) is 0 Å². The van der Waals surface area contributed by atoms with E-state index in [0.717, 1.165) is 0 Å². The molecule has 0 fully saturated rings. The van der Waals surface area contributed by atoms with E-state index in [1.165, 1.54) is 13.1 Å². The van der Waals surface area contributed by atoms with Crippen LogP contribution in [0.2, 0.25) is 5.02 Å². The normalized spacial score (nSPS) is 12.2. The molecule has 122 valence electrons. The first-order valence-electron chi connectivity index (χ1n) is 7.12. The van der Waals surface area contributed by atoms with Gasteiger partial charge in [-0.05, 0) is 39.0 Å². The van der Waals surface area contributed by atoms with Crippen LogP contribution in [-0.2, 0) is 14.3 Å². The van der Waals surface area contributed by atoms with Crippen LogP contribution >= 0.6 is 11.6 Å². The average Bonchev–Trinajstić information content (AvgIpc) is 2.88. The van der Waals surface area contributed by atoms with Crippen molar-refractivity contribution in [1.29, 1.82) is 0 Å². The number of ketones is 1. The van der Waals surface area contributed by atoms with Crippen LogP contribution in [-0.4, -0.2) is 34.8 Å². The minimum absolute atomic E-state index is 0.199. The van der Waals surface area contributed by atoms with E-state index in [2.05, 4.69) is 10.3 Å². The number of halogens is 1. The minimum Gasteiger partial charge on any atom is -0.461 e. The van der Waals surface area contributed by atoms with Gasteiger partial charge in [0, 0.05) is 22.1 Å². The van der Waals surface area contributed by atoms with E-state index in [-0.39, 0.29) is 11.7 Å². The molecule has 0 bridgehead atoms. The fourth-order valence-electron chi connectivity index (χ4n) is 2.06. The Morgan fingerprint density at radius 1 is 1.22 bits per heavy atom. The van der Waals surface area contributed by atoms with Gasteiger partial charge in [0.25, 0.3) is 11.7 Å². The van der Waals surface area contributed by atoms with Crippen molar-refractivity contribution in [3.05, 3.63) is 35.0 Å². The summed E-state index contributed by atoms with van der Waals surface area (Å²) in [5, 5.41) is 3.35. The average molecular weight is 337 g/mol. The zero-order valence-corrected chi connectivity index (χ0v) is 13.7. The molecule has 1 atom stereocenters. The summed E-state index contributed by atoms with van der Waals surface area (Å²) in [6, 6.07) is 4.08. The van der Waals surface area contributed by atoms with Crippen molar-refractivity contribution in [2.45, 2.75) is 32.9 Å². The number of aromatic nitrogens is 1. The van der Waals surface area contributed by atoms with Gasteiger partial charge in [-0.15, -0.1) is 0 Å². The number of hydrogen-bond acceptors (Lipinski definition) is 4. The second kappa shape index (κ2) is 6.83. The number of carbonyl (C=O) groups excluding carboxylic acids is 3. The van der Waals surface area contributed by atoms with Gasteiger partial charge in [-0.1, -0.05) is 11.6 Å². The fourth-order valence-corrected chi connectivity index (χ4v) is 2.23. The zero-order chi connectivity index (χ0) is 17.1. The van der Waals surface area contributed by atoms with Gasteiger partial charge in [-0.2, -0.15) is 0 Å². The molecule has 0 aliphatic heterocycles. The summed E-state index contributed by atoms with van der Waals surface area (Å²) in [5.74, 6) is -2.22. The van der Waals surface area contributed by atoms with Crippen LogP contribution in [0.3, 0.4) is 0 Å². The maximum atomic E-state index is 12.3. The van der Waals surface area contributed by atoms with E-state index in [1.54, 1.807) is 32.0 Å². The molecule has 0 spiro atoms. The largest absolute Gasteiger partial charge is 0.461 e. The van der Waals surface area contributed by atoms with Crippen LogP contribution in [0, 0.1) is 0 Å². The molecule has 0 aliphatic rings. The third kappa shape index (κ3) is 3.90. The van der Waals surface area contributed by atoms with Crippen molar-refractivity contribution >= 4 is 40.2 Å². The standard InChI is InChI=1S/C16H17ClN2O4/c1-8(2)23-16(22)9(3)19-15(21)14(20)12-7-18-13-5-4-10(17)6-11(12)13/h4-9,18H,1-3H3,(H,19,21)/t9-/m0/s1. The highest BCUT2D eigenvalue weighted by atomic mass is 35.5. The highest BCUT2D eigenvalue weighted by Crippen LogP contribution is 2.22. The Morgan fingerprint density at radius 3 is 2.57 bits per heavy atom. The zero-order valence-electron chi connectivity index (χ0n) is 13.0.